The van der Waals surface area contributed by atoms with Crippen LogP contribution >= 0.6 is 11.6 Å². The first-order valence-corrected chi connectivity index (χ1v) is 9.88. The number of pyridine rings is 1. The van der Waals surface area contributed by atoms with Crippen molar-refractivity contribution in [2.45, 2.75) is 6.92 Å². The van der Waals surface area contributed by atoms with Gasteiger partial charge in [0.05, 0.1) is 23.0 Å². The highest BCUT2D eigenvalue weighted by molar-refractivity contribution is 6.32. The minimum atomic E-state index is -0.219. The molecule has 0 aliphatic rings. The summed E-state index contributed by atoms with van der Waals surface area (Å²) < 4.78 is 5.94. The van der Waals surface area contributed by atoms with Crippen molar-refractivity contribution in [1.29, 1.82) is 0 Å². The number of aromatic nitrogens is 4. The maximum absolute atomic E-state index is 12.3. The maximum atomic E-state index is 12.3. The van der Waals surface area contributed by atoms with Gasteiger partial charge in [0.25, 0.3) is 5.91 Å². The van der Waals surface area contributed by atoms with Gasteiger partial charge in [0.2, 0.25) is 5.89 Å². The predicted octanol–water partition coefficient (Wildman–Crippen LogP) is 5.49. The van der Waals surface area contributed by atoms with E-state index in [1.807, 2.05) is 37.3 Å². The Bertz CT molecular complexity index is 1350. The van der Waals surface area contributed by atoms with Gasteiger partial charge in [-0.2, -0.15) is 5.10 Å². The lowest BCUT2D eigenvalue weighted by molar-refractivity contribution is 0.102. The van der Waals surface area contributed by atoms with Gasteiger partial charge < -0.3 is 9.73 Å². The Balaban J connectivity index is 1.42. The molecule has 8 heteroatoms. The standard InChI is InChI=1S/C23H16ClN5O2/c1-13-9-20-19(10-18(13)24)28-23(31-20)17-12-26-29-21(17)14-4-6-16(7-5-14)27-22(30)15-3-2-8-25-11-15/h2-12H,1H3,(H,26,29)(H,27,30). The lowest BCUT2D eigenvalue weighted by atomic mass is 10.1. The van der Waals surface area contributed by atoms with Gasteiger partial charge in [0.1, 0.15) is 5.52 Å². The summed E-state index contributed by atoms with van der Waals surface area (Å²) in [5.41, 5.74) is 5.82. The van der Waals surface area contributed by atoms with Gasteiger partial charge in [-0.05, 0) is 48.9 Å². The van der Waals surface area contributed by atoms with E-state index in [-0.39, 0.29) is 5.91 Å². The molecular weight excluding hydrogens is 414 g/mol. The van der Waals surface area contributed by atoms with Crippen LogP contribution in [0.25, 0.3) is 33.8 Å². The molecule has 0 spiro atoms. The molecule has 5 aromatic rings. The fourth-order valence-corrected chi connectivity index (χ4v) is 3.41. The Hall–Kier alpha value is -3.97. The minimum absolute atomic E-state index is 0.219. The summed E-state index contributed by atoms with van der Waals surface area (Å²) in [5, 5.41) is 10.7. The van der Waals surface area contributed by atoms with Crippen molar-refractivity contribution in [2.75, 3.05) is 5.32 Å². The predicted molar refractivity (Wildman–Crippen MR) is 119 cm³/mol. The molecule has 0 saturated carbocycles. The number of aryl methyl sites for hydroxylation is 1. The Morgan fingerprint density at radius 1 is 1.13 bits per heavy atom. The van der Waals surface area contributed by atoms with E-state index in [1.54, 1.807) is 30.6 Å². The SMILES string of the molecule is Cc1cc2oc(-c3cn[nH]c3-c3ccc(NC(=O)c4cccnc4)cc3)nc2cc1Cl. The molecule has 2 N–H and O–H groups in total. The third-order valence-electron chi connectivity index (χ3n) is 4.89. The number of oxazole rings is 1. The number of amides is 1. The Morgan fingerprint density at radius 2 is 1.97 bits per heavy atom. The number of halogens is 1. The summed E-state index contributed by atoms with van der Waals surface area (Å²) >= 11 is 6.21. The van der Waals surface area contributed by atoms with E-state index < -0.39 is 0 Å². The third kappa shape index (κ3) is 3.67. The number of benzene rings is 2. The number of carbonyl (C=O) groups excluding carboxylic acids is 1. The first-order chi connectivity index (χ1) is 15.1. The molecule has 3 aromatic heterocycles. The lowest BCUT2D eigenvalue weighted by Gasteiger charge is -2.06. The van der Waals surface area contributed by atoms with E-state index in [1.165, 1.54) is 6.20 Å². The molecule has 0 radical (unpaired) electrons. The molecule has 7 nitrogen and oxygen atoms in total. The fraction of sp³-hybridized carbons (Fsp3) is 0.0435. The number of nitrogens with zero attached hydrogens (tertiary/aromatic N) is 3. The Labute approximate surface area is 182 Å². The van der Waals surface area contributed by atoms with E-state index in [9.17, 15) is 4.79 Å². The van der Waals surface area contributed by atoms with Crippen LogP contribution in [-0.4, -0.2) is 26.1 Å². The largest absolute Gasteiger partial charge is 0.436 e. The highest BCUT2D eigenvalue weighted by atomic mass is 35.5. The van der Waals surface area contributed by atoms with Crippen LogP contribution in [0.3, 0.4) is 0 Å². The monoisotopic (exact) mass is 429 g/mol. The maximum Gasteiger partial charge on any atom is 0.257 e. The van der Waals surface area contributed by atoms with Crippen LogP contribution in [0.4, 0.5) is 5.69 Å². The van der Waals surface area contributed by atoms with Gasteiger partial charge in [-0.15, -0.1) is 0 Å². The van der Waals surface area contributed by atoms with Crippen LogP contribution in [0.2, 0.25) is 5.02 Å². The van der Waals surface area contributed by atoms with Crippen molar-refractivity contribution in [2.24, 2.45) is 0 Å². The molecule has 0 unspecified atom stereocenters. The molecule has 5 rings (SSSR count). The van der Waals surface area contributed by atoms with Crippen molar-refractivity contribution in [3.8, 4) is 22.7 Å². The first-order valence-electron chi connectivity index (χ1n) is 9.51. The summed E-state index contributed by atoms with van der Waals surface area (Å²) in [4.78, 5) is 20.8. The molecule has 1 amide bonds. The zero-order valence-corrected chi connectivity index (χ0v) is 17.1. The molecule has 0 aliphatic heterocycles. The number of H-pyrrole nitrogens is 1. The second-order valence-electron chi connectivity index (χ2n) is 7.02. The number of hydrogen-bond acceptors (Lipinski definition) is 5. The summed E-state index contributed by atoms with van der Waals surface area (Å²) in [5.74, 6) is 0.234. The average Bonchev–Trinajstić information content (AvgIpc) is 3.42. The van der Waals surface area contributed by atoms with Crippen LogP contribution < -0.4 is 5.32 Å². The van der Waals surface area contributed by atoms with Crippen molar-refractivity contribution in [3.63, 3.8) is 0 Å². The van der Waals surface area contributed by atoms with Crippen molar-refractivity contribution < 1.29 is 9.21 Å². The van der Waals surface area contributed by atoms with Crippen LogP contribution in [-0.2, 0) is 0 Å². The Morgan fingerprint density at radius 3 is 2.74 bits per heavy atom. The van der Waals surface area contributed by atoms with E-state index >= 15 is 0 Å². The quantitative estimate of drug-likeness (QED) is 0.393. The van der Waals surface area contributed by atoms with Gasteiger partial charge in [-0.25, -0.2) is 4.98 Å². The third-order valence-corrected chi connectivity index (χ3v) is 5.30. The number of nitrogens with one attached hydrogen (secondary N) is 2. The smallest absolute Gasteiger partial charge is 0.257 e. The van der Waals surface area contributed by atoms with Gasteiger partial charge >= 0.3 is 0 Å². The summed E-state index contributed by atoms with van der Waals surface area (Å²) in [7, 11) is 0. The highest BCUT2D eigenvalue weighted by Crippen LogP contribution is 2.33. The van der Waals surface area contributed by atoms with Crippen LogP contribution in [0.1, 0.15) is 15.9 Å². The highest BCUT2D eigenvalue weighted by Gasteiger charge is 2.17. The van der Waals surface area contributed by atoms with E-state index in [4.69, 9.17) is 16.0 Å². The molecule has 0 bridgehead atoms. The van der Waals surface area contributed by atoms with Crippen LogP contribution in [0.5, 0.6) is 0 Å². The molecule has 152 valence electrons. The van der Waals surface area contributed by atoms with E-state index in [2.05, 4.69) is 25.5 Å². The van der Waals surface area contributed by atoms with Gasteiger partial charge in [0, 0.05) is 28.7 Å². The molecular formula is C23H16ClN5O2. The number of carbonyl (C=O) groups is 1. The molecule has 0 atom stereocenters. The number of aromatic amines is 1. The fourth-order valence-electron chi connectivity index (χ4n) is 3.25. The van der Waals surface area contributed by atoms with Crippen molar-refractivity contribution in [3.05, 3.63) is 83.3 Å². The van der Waals surface area contributed by atoms with Gasteiger partial charge in [0.15, 0.2) is 5.58 Å². The van der Waals surface area contributed by atoms with Gasteiger partial charge in [-0.1, -0.05) is 23.7 Å². The second kappa shape index (κ2) is 7.70. The van der Waals surface area contributed by atoms with E-state index in [0.717, 1.165) is 22.4 Å². The van der Waals surface area contributed by atoms with Gasteiger partial charge in [-0.3, -0.25) is 14.9 Å². The zero-order valence-electron chi connectivity index (χ0n) is 16.4. The molecule has 2 aromatic carbocycles. The molecule has 0 aliphatic carbocycles. The minimum Gasteiger partial charge on any atom is -0.436 e. The number of rotatable bonds is 4. The number of anilines is 1. The Kier molecular flexibility index (Phi) is 4.72. The molecule has 0 fully saturated rings. The van der Waals surface area contributed by atoms with E-state index in [0.29, 0.717) is 33.3 Å². The average molecular weight is 430 g/mol. The first kappa shape index (κ1) is 19.0. The van der Waals surface area contributed by atoms with Crippen LogP contribution in [0.15, 0.2) is 71.5 Å². The normalized spacial score (nSPS) is 11.0. The topological polar surface area (TPSA) is 96.7 Å². The lowest BCUT2D eigenvalue weighted by Crippen LogP contribution is -2.11. The van der Waals surface area contributed by atoms with Crippen molar-refractivity contribution >= 4 is 34.3 Å². The molecule has 3 heterocycles. The van der Waals surface area contributed by atoms with Crippen molar-refractivity contribution in [1.82, 2.24) is 20.2 Å². The second-order valence-corrected chi connectivity index (χ2v) is 7.43. The number of fused-ring (bicyclic) bond motifs is 1. The zero-order chi connectivity index (χ0) is 21.4. The molecule has 31 heavy (non-hydrogen) atoms. The van der Waals surface area contributed by atoms with Crippen LogP contribution in [0, 0.1) is 6.92 Å². The summed E-state index contributed by atoms with van der Waals surface area (Å²) in [6.07, 6.45) is 4.82. The summed E-state index contributed by atoms with van der Waals surface area (Å²) in [6.45, 7) is 1.92. The number of hydrogen-bond donors (Lipinski definition) is 2. The molecule has 0 saturated heterocycles. The summed E-state index contributed by atoms with van der Waals surface area (Å²) in [6, 6.07) is 14.5.